The fourth-order valence-electron chi connectivity index (χ4n) is 2.36. The van der Waals surface area contributed by atoms with Crippen molar-refractivity contribution in [1.29, 1.82) is 0 Å². The highest BCUT2D eigenvalue weighted by Crippen LogP contribution is 2.20. The number of urea groups is 1. The monoisotopic (exact) mass is 308 g/mol. The van der Waals surface area contributed by atoms with Gasteiger partial charge in [-0.15, -0.1) is 0 Å². The van der Waals surface area contributed by atoms with Gasteiger partial charge < -0.3 is 15.3 Å². The zero-order chi connectivity index (χ0) is 15.2. The number of hydrogen-bond donors (Lipinski definition) is 2. The van der Waals surface area contributed by atoms with Crippen LogP contribution in [0.2, 0.25) is 0 Å². The summed E-state index contributed by atoms with van der Waals surface area (Å²) in [4.78, 5) is 25.1. The van der Waals surface area contributed by atoms with E-state index in [0.29, 0.717) is 18.3 Å². The molecule has 0 spiro atoms. The molecule has 1 aromatic carbocycles. The summed E-state index contributed by atoms with van der Waals surface area (Å²) in [6.45, 7) is 3.50. The Labute approximate surface area is 128 Å². The summed E-state index contributed by atoms with van der Waals surface area (Å²) >= 11 is 1.85. The number of carboxylic acids is 1. The van der Waals surface area contributed by atoms with Crippen LogP contribution in [-0.4, -0.2) is 46.1 Å². The summed E-state index contributed by atoms with van der Waals surface area (Å²) < 4.78 is 0. The molecule has 21 heavy (non-hydrogen) atoms. The number of thioether (sulfide) groups is 1. The Balaban J connectivity index is 2.04. The molecule has 1 aliphatic rings. The standard InChI is InChI=1S/C15H20N2O3S/c1-11-10-17(7-8-21-11)15(20)16-13(9-14(18)19)12-5-3-2-4-6-12/h2-6,11,13H,7-10H2,1H3,(H,16,20)(H,18,19). The van der Waals surface area contributed by atoms with Crippen LogP contribution in [0.3, 0.4) is 0 Å². The minimum atomic E-state index is -0.924. The molecule has 2 amide bonds. The van der Waals surface area contributed by atoms with Crippen molar-refractivity contribution < 1.29 is 14.7 Å². The van der Waals surface area contributed by atoms with Crippen molar-refractivity contribution >= 4 is 23.8 Å². The Kier molecular flexibility index (Phi) is 5.50. The molecule has 1 fully saturated rings. The zero-order valence-corrected chi connectivity index (χ0v) is 12.8. The third-order valence-electron chi connectivity index (χ3n) is 3.41. The number of carboxylic acid groups (broad SMARTS) is 1. The number of amides is 2. The van der Waals surface area contributed by atoms with Crippen LogP contribution in [0.4, 0.5) is 4.79 Å². The van der Waals surface area contributed by atoms with Crippen molar-refractivity contribution in [1.82, 2.24) is 10.2 Å². The van der Waals surface area contributed by atoms with E-state index < -0.39 is 12.0 Å². The molecule has 2 N–H and O–H groups in total. The van der Waals surface area contributed by atoms with Gasteiger partial charge >= 0.3 is 12.0 Å². The highest BCUT2D eigenvalue weighted by molar-refractivity contribution is 7.99. The van der Waals surface area contributed by atoms with Crippen LogP contribution in [0.15, 0.2) is 30.3 Å². The Hall–Kier alpha value is -1.69. The van der Waals surface area contributed by atoms with Crippen LogP contribution in [0.5, 0.6) is 0 Å². The fourth-order valence-corrected chi connectivity index (χ4v) is 3.37. The molecule has 2 unspecified atom stereocenters. The van der Waals surface area contributed by atoms with Gasteiger partial charge in [-0.1, -0.05) is 37.3 Å². The van der Waals surface area contributed by atoms with E-state index in [1.807, 2.05) is 42.1 Å². The van der Waals surface area contributed by atoms with Crippen LogP contribution in [0.25, 0.3) is 0 Å². The molecule has 1 saturated heterocycles. The molecule has 0 aliphatic carbocycles. The normalized spacial score (nSPS) is 19.9. The molecular formula is C15H20N2O3S. The number of benzene rings is 1. The first-order chi connectivity index (χ1) is 10.1. The first-order valence-electron chi connectivity index (χ1n) is 7.00. The first-order valence-corrected chi connectivity index (χ1v) is 8.05. The number of aliphatic carboxylic acids is 1. The van der Waals surface area contributed by atoms with Crippen molar-refractivity contribution in [3.05, 3.63) is 35.9 Å². The topological polar surface area (TPSA) is 69.6 Å². The van der Waals surface area contributed by atoms with Gasteiger partial charge in [0.1, 0.15) is 0 Å². The van der Waals surface area contributed by atoms with Crippen LogP contribution in [0.1, 0.15) is 24.9 Å². The lowest BCUT2D eigenvalue weighted by Crippen LogP contribution is -2.47. The Bertz CT molecular complexity index is 495. The molecule has 0 saturated carbocycles. The van der Waals surface area contributed by atoms with Gasteiger partial charge in [0, 0.05) is 24.1 Å². The second-order valence-electron chi connectivity index (χ2n) is 5.14. The van der Waals surface area contributed by atoms with Crippen LogP contribution >= 0.6 is 11.8 Å². The zero-order valence-electron chi connectivity index (χ0n) is 12.0. The maximum absolute atomic E-state index is 12.3. The van der Waals surface area contributed by atoms with E-state index in [2.05, 4.69) is 12.2 Å². The molecule has 1 aromatic rings. The minimum Gasteiger partial charge on any atom is -0.481 e. The molecule has 114 valence electrons. The molecule has 0 aromatic heterocycles. The van der Waals surface area contributed by atoms with Gasteiger partial charge in [0.05, 0.1) is 12.5 Å². The van der Waals surface area contributed by atoms with Crippen LogP contribution in [-0.2, 0) is 4.79 Å². The van der Waals surface area contributed by atoms with E-state index in [0.717, 1.165) is 11.3 Å². The number of carbonyl (C=O) groups is 2. The lowest BCUT2D eigenvalue weighted by molar-refractivity contribution is -0.137. The second kappa shape index (κ2) is 7.36. The maximum atomic E-state index is 12.3. The summed E-state index contributed by atoms with van der Waals surface area (Å²) in [6, 6.07) is 8.54. The summed E-state index contributed by atoms with van der Waals surface area (Å²) in [5.41, 5.74) is 0.813. The van der Waals surface area contributed by atoms with Gasteiger partial charge in [0.2, 0.25) is 0 Å². The minimum absolute atomic E-state index is 0.117. The van der Waals surface area contributed by atoms with Gasteiger partial charge in [-0.2, -0.15) is 11.8 Å². The first kappa shape index (κ1) is 15.7. The van der Waals surface area contributed by atoms with E-state index in [1.54, 1.807) is 4.90 Å². The quantitative estimate of drug-likeness (QED) is 0.896. The summed E-state index contributed by atoms with van der Waals surface area (Å²) in [6.07, 6.45) is -0.117. The number of nitrogens with one attached hydrogen (secondary N) is 1. The van der Waals surface area contributed by atoms with Crippen molar-refractivity contribution in [3.63, 3.8) is 0 Å². The van der Waals surface area contributed by atoms with Crippen molar-refractivity contribution in [2.75, 3.05) is 18.8 Å². The molecular weight excluding hydrogens is 288 g/mol. The highest BCUT2D eigenvalue weighted by Gasteiger charge is 2.24. The van der Waals surface area contributed by atoms with Gasteiger partial charge in [-0.25, -0.2) is 4.79 Å². The number of rotatable bonds is 4. The Morgan fingerprint density at radius 3 is 2.76 bits per heavy atom. The average molecular weight is 308 g/mol. The van der Waals surface area contributed by atoms with Gasteiger partial charge in [0.15, 0.2) is 0 Å². The van der Waals surface area contributed by atoms with Gasteiger partial charge in [-0.3, -0.25) is 4.79 Å². The lowest BCUT2D eigenvalue weighted by atomic mass is 10.0. The average Bonchev–Trinajstić information content (AvgIpc) is 2.47. The molecule has 5 nitrogen and oxygen atoms in total. The molecule has 1 aliphatic heterocycles. The molecule has 0 bridgehead atoms. The fraction of sp³-hybridized carbons (Fsp3) is 0.467. The molecule has 2 rings (SSSR count). The number of hydrogen-bond acceptors (Lipinski definition) is 3. The number of nitrogens with zero attached hydrogens (tertiary/aromatic N) is 1. The predicted octanol–water partition coefficient (Wildman–Crippen LogP) is 2.35. The van der Waals surface area contributed by atoms with Gasteiger partial charge in [-0.05, 0) is 5.56 Å². The van der Waals surface area contributed by atoms with Crippen molar-refractivity contribution in [2.24, 2.45) is 0 Å². The van der Waals surface area contributed by atoms with Crippen molar-refractivity contribution in [3.8, 4) is 0 Å². The molecule has 2 atom stereocenters. The summed E-state index contributed by atoms with van der Waals surface area (Å²) in [5, 5.41) is 12.3. The summed E-state index contributed by atoms with van der Waals surface area (Å²) in [5.74, 6) is -0.00417. The van der Waals surface area contributed by atoms with E-state index in [-0.39, 0.29) is 12.5 Å². The highest BCUT2D eigenvalue weighted by atomic mass is 32.2. The summed E-state index contributed by atoms with van der Waals surface area (Å²) in [7, 11) is 0. The second-order valence-corrected chi connectivity index (χ2v) is 6.68. The van der Waals surface area contributed by atoms with E-state index in [9.17, 15) is 9.59 Å². The van der Waals surface area contributed by atoms with Crippen LogP contribution < -0.4 is 5.32 Å². The lowest BCUT2D eigenvalue weighted by Gasteiger charge is -2.32. The Morgan fingerprint density at radius 1 is 1.43 bits per heavy atom. The third kappa shape index (κ3) is 4.67. The smallest absolute Gasteiger partial charge is 0.317 e. The Morgan fingerprint density at radius 2 is 2.14 bits per heavy atom. The third-order valence-corrected chi connectivity index (χ3v) is 4.54. The van der Waals surface area contributed by atoms with Crippen LogP contribution in [0, 0.1) is 0 Å². The molecule has 0 radical (unpaired) electrons. The van der Waals surface area contributed by atoms with Gasteiger partial charge in [0.25, 0.3) is 0 Å². The molecule has 6 heteroatoms. The SMILES string of the molecule is CC1CN(C(=O)NC(CC(=O)O)c2ccccc2)CCS1. The molecule has 1 heterocycles. The van der Waals surface area contributed by atoms with E-state index in [1.165, 1.54) is 0 Å². The predicted molar refractivity (Wildman–Crippen MR) is 83.5 cm³/mol. The van der Waals surface area contributed by atoms with E-state index >= 15 is 0 Å². The van der Waals surface area contributed by atoms with E-state index in [4.69, 9.17) is 5.11 Å². The van der Waals surface area contributed by atoms with Crippen molar-refractivity contribution in [2.45, 2.75) is 24.6 Å². The number of carbonyl (C=O) groups excluding carboxylic acids is 1. The maximum Gasteiger partial charge on any atom is 0.317 e. The largest absolute Gasteiger partial charge is 0.481 e.